The maximum Gasteiger partial charge on any atom is 0.250 e. The molecule has 1 aliphatic rings. The smallest absolute Gasteiger partial charge is 0.206 e. The van der Waals surface area contributed by atoms with Crippen LogP contribution < -0.4 is 4.72 Å². The lowest BCUT2D eigenvalue weighted by Gasteiger charge is -2.25. The van der Waals surface area contributed by atoms with E-state index in [2.05, 4.69) is 4.72 Å². The van der Waals surface area contributed by atoms with Crippen molar-refractivity contribution in [3.8, 4) is 0 Å². The monoisotopic (exact) mass is 311 g/mol. The Balaban J connectivity index is 1.90. The van der Waals surface area contributed by atoms with Crippen molar-refractivity contribution in [2.45, 2.75) is 21.6 Å². The van der Waals surface area contributed by atoms with E-state index >= 15 is 0 Å². The first-order chi connectivity index (χ1) is 9.17. The molecule has 1 atom stereocenters. The molecule has 0 aliphatic carbocycles. The predicted octanol–water partition coefficient (Wildman–Crippen LogP) is 3.26. The van der Waals surface area contributed by atoms with Gasteiger partial charge in [0.2, 0.25) is 0 Å². The van der Waals surface area contributed by atoms with Crippen molar-refractivity contribution in [3.63, 3.8) is 0 Å². The minimum Gasteiger partial charge on any atom is -0.206 e. The summed E-state index contributed by atoms with van der Waals surface area (Å²) in [6, 6.07) is 11.3. The summed E-state index contributed by atoms with van der Waals surface area (Å²) in [5.74, 6) is 0.939. The zero-order valence-electron chi connectivity index (χ0n) is 10.1. The van der Waals surface area contributed by atoms with Crippen molar-refractivity contribution in [2.24, 2.45) is 0 Å². The number of hydrogen-bond donors (Lipinski definition) is 1. The van der Waals surface area contributed by atoms with Gasteiger partial charge in [-0.2, -0.15) is 0 Å². The topological polar surface area (TPSA) is 46.2 Å². The van der Waals surface area contributed by atoms with Gasteiger partial charge >= 0.3 is 0 Å². The third kappa shape index (κ3) is 2.72. The number of benzene rings is 1. The van der Waals surface area contributed by atoms with Gasteiger partial charge in [0.1, 0.15) is 4.21 Å². The molecule has 0 amide bonds. The Hall–Kier alpha value is -0.820. The number of rotatable bonds is 3. The van der Waals surface area contributed by atoms with Crippen LogP contribution in [0.3, 0.4) is 0 Å². The van der Waals surface area contributed by atoms with E-state index in [0.717, 1.165) is 17.7 Å². The molecule has 100 valence electrons. The fraction of sp³-hybridized carbons (Fsp3) is 0.231. The lowest BCUT2D eigenvalue weighted by molar-refractivity contribution is 0.548. The molecule has 2 aromatic rings. The van der Waals surface area contributed by atoms with Crippen LogP contribution in [0.15, 0.2) is 50.9 Å². The van der Waals surface area contributed by atoms with Gasteiger partial charge in [0.25, 0.3) is 10.0 Å². The molecule has 0 unspecified atom stereocenters. The molecule has 1 N–H and O–H groups in total. The highest BCUT2D eigenvalue weighted by molar-refractivity contribution is 7.99. The van der Waals surface area contributed by atoms with Crippen LogP contribution in [0.2, 0.25) is 0 Å². The molecule has 0 radical (unpaired) electrons. The predicted molar refractivity (Wildman–Crippen MR) is 79.2 cm³/mol. The van der Waals surface area contributed by atoms with Crippen LogP contribution in [0.5, 0.6) is 0 Å². The normalized spacial score (nSPS) is 19.1. The number of hydrogen-bond acceptors (Lipinski definition) is 4. The van der Waals surface area contributed by atoms with Crippen molar-refractivity contribution in [1.82, 2.24) is 4.72 Å². The lowest BCUT2D eigenvalue weighted by Crippen LogP contribution is -2.30. The van der Waals surface area contributed by atoms with Gasteiger partial charge in [0.05, 0.1) is 0 Å². The Kier molecular flexibility index (Phi) is 3.66. The molecule has 3 nitrogen and oxygen atoms in total. The molecule has 0 saturated carbocycles. The van der Waals surface area contributed by atoms with Gasteiger partial charge in [-0.15, -0.1) is 23.1 Å². The maximum absolute atomic E-state index is 12.3. The average molecular weight is 311 g/mol. The Morgan fingerprint density at radius 2 is 2.00 bits per heavy atom. The van der Waals surface area contributed by atoms with Gasteiger partial charge in [-0.05, 0) is 35.2 Å². The molecule has 0 saturated heterocycles. The van der Waals surface area contributed by atoms with Crippen LogP contribution in [0.4, 0.5) is 0 Å². The largest absolute Gasteiger partial charge is 0.250 e. The number of thiophene rings is 1. The first kappa shape index (κ1) is 13.2. The third-order valence-corrected chi connectivity index (χ3v) is 7.01. The highest BCUT2D eigenvalue weighted by atomic mass is 32.2. The van der Waals surface area contributed by atoms with Gasteiger partial charge in [-0.1, -0.05) is 24.3 Å². The summed E-state index contributed by atoms with van der Waals surface area (Å²) < 4.78 is 27.7. The SMILES string of the molecule is O=S(=O)(N[C@H]1CCSc2ccccc21)c1cccs1. The molecule has 1 aliphatic heterocycles. The van der Waals surface area contributed by atoms with E-state index in [0.29, 0.717) is 4.21 Å². The summed E-state index contributed by atoms with van der Waals surface area (Å²) in [7, 11) is -3.40. The van der Waals surface area contributed by atoms with Gasteiger partial charge < -0.3 is 0 Å². The molecule has 0 spiro atoms. The fourth-order valence-electron chi connectivity index (χ4n) is 2.13. The molecule has 0 bridgehead atoms. The first-order valence-corrected chi connectivity index (χ1v) is 9.29. The second-order valence-electron chi connectivity index (χ2n) is 4.28. The summed E-state index contributed by atoms with van der Waals surface area (Å²) in [6.45, 7) is 0. The van der Waals surface area contributed by atoms with Crippen LogP contribution in [0, 0.1) is 0 Å². The van der Waals surface area contributed by atoms with Gasteiger partial charge in [0.15, 0.2) is 0 Å². The van der Waals surface area contributed by atoms with Crippen LogP contribution in [0.25, 0.3) is 0 Å². The highest BCUT2D eigenvalue weighted by Gasteiger charge is 2.26. The Bertz CT molecular complexity index is 665. The van der Waals surface area contributed by atoms with Crippen molar-refractivity contribution in [1.29, 1.82) is 0 Å². The van der Waals surface area contributed by atoms with Crippen molar-refractivity contribution < 1.29 is 8.42 Å². The molecular formula is C13H13NO2S3. The Labute approximate surface area is 121 Å². The van der Waals surface area contributed by atoms with Crippen LogP contribution >= 0.6 is 23.1 Å². The standard InChI is InChI=1S/C13H13NO2S3/c15-19(16,13-6-3-8-18-13)14-11-7-9-17-12-5-2-1-4-10(11)12/h1-6,8,11,14H,7,9H2/t11-/m0/s1. The second kappa shape index (κ2) is 5.28. The summed E-state index contributed by atoms with van der Waals surface area (Å²) in [4.78, 5) is 1.17. The first-order valence-electron chi connectivity index (χ1n) is 5.94. The minimum absolute atomic E-state index is 0.121. The van der Waals surface area contributed by atoms with Crippen LogP contribution in [-0.4, -0.2) is 14.2 Å². The number of fused-ring (bicyclic) bond motifs is 1. The Morgan fingerprint density at radius 3 is 2.79 bits per heavy atom. The quantitative estimate of drug-likeness (QED) is 0.946. The lowest BCUT2D eigenvalue weighted by atomic mass is 10.1. The third-order valence-electron chi connectivity index (χ3n) is 3.02. The molecule has 6 heteroatoms. The Morgan fingerprint density at radius 1 is 1.16 bits per heavy atom. The summed E-state index contributed by atoms with van der Waals surface area (Å²) in [5.41, 5.74) is 1.08. The van der Waals surface area contributed by atoms with E-state index in [9.17, 15) is 8.42 Å². The van der Waals surface area contributed by atoms with Gasteiger partial charge in [0, 0.05) is 10.9 Å². The fourth-order valence-corrected chi connectivity index (χ4v) is 5.51. The summed E-state index contributed by atoms with van der Waals surface area (Å²) in [5, 5.41) is 1.78. The minimum atomic E-state index is -3.40. The average Bonchev–Trinajstić information content (AvgIpc) is 2.93. The second-order valence-corrected chi connectivity index (χ2v) is 8.31. The maximum atomic E-state index is 12.3. The zero-order chi connectivity index (χ0) is 13.3. The van der Waals surface area contributed by atoms with Crippen LogP contribution in [0.1, 0.15) is 18.0 Å². The number of nitrogens with one attached hydrogen (secondary N) is 1. The molecule has 0 fully saturated rings. The highest BCUT2D eigenvalue weighted by Crippen LogP contribution is 2.36. The van der Waals surface area contributed by atoms with Crippen LogP contribution in [-0.2, 0) is 10.0 Å². The van der Waals surface area contributed by atoms with E-state index in [1.807, 2.05) is 24.3 Å². The van der Waals surface area contributed by atoms with E-state index in [1.165, 1.54) is 16.2 Å². The van der Waals surface area contributed by atoms with Crippen molar-refractivity contribution in [2.75, 3.05) is 5.75 Å². The number of sulfonamides is 1. The molecule has 2 heterocycles. The van der Waals surface area contributed by atoms with Crippen molar-refractivity contribution in [3.05, 3.63) is 47.3 Å². The van der Waals surface area contributed by atoms with Gasteiger partial charge in [-0.25, -0.2) is 13.1 Å². The van der Waals surface area contributed by atoms with Crippen molar-refractivity contribution >= 4 is 33.1 Å². The summed E-state index contributed by atoms with van der Waals surface area (Å²) >= 11 is 3.03. The zero-order valence-corrected chi connectivity index (χ0v) is 12.5. The van der Waals surface area contributed by atoms with E-state index < -0.39 is 10.0 Å². The van der Waals surface area contributed by atoms with E-state index in [1.54, 1.807) is 29.3 Å². The molecule has 19 heavy (non-hydrogen) atoms. The van der Waals surface area contributed by atoms with E-state index in [4.69, 9.17) is 0 Å². The molecule has 1 aromatic carbocycles. The van der Waals surface area contributed by atoms with E-state index in [-0.39, 0.29) is 6.04 Å². The summed E-state index contributed by atoms with van der Waals surface area (Å²) in [6.07, 6.45) is 0.826. The molecular weight excluding hydrogens is 298 g/mol. The number of thioether (sulfide) groups is 1. The molecule has 1 aromatic heterocycles. The van der Waals surface area contributed by atoms with Gasteiger partial charge in [-0.3, -0.25) is 0 Å². The molecule has 3 rings (SSSR count).